The average molecular weight is 313 g/mol. The third kappa shape index (κ3) is 3.10. The van der Waals surface area contributed by atoms with Crippen LogP contribution < -0.4 is 11.1 Å². The van der Waals surface area contributed by atoms with Crippen molar-refractivity contribution < 1.29 is 4.79 Å². The molecule has 1 saturated carbocycles. The highest BCUT2D eigenvalue weighted by Crippen LogP contribution is 2.67. The molecule has 0 bridgehead atoms. The molecular weight excluding hydrogens is 280 g/mol. The lowest BCUT2D eigenvalue weighted by Crippen LogP contribution is -2.49. The van der Waals surface area contributed by atoms with Crippen LogP contribution in [0.2, 0.25) is 0 Å². The van der Waals surface area contributed by atoms with Gasteiger partial charge in [-0.3, -0.25) is 4.79 Å². The van der Waals surface area contributed by atoms with Gasteiger partial charge in [0.1, 0.15) is 0 Å². The minimum atomic E-state index is -0.665. The van der Waals surface area contributed by atoms with Crippen molar-refractivity contribution in [1.82, 2.24) is 5.32 Å². The summed E-state index contributed by atoms with van der Waals surface area (Å²) in [6, 6.07) is 0. The van der Waals surface area contributed by atoms with Crippen molar-refractivity contribution in [2.75, 3.05) is 6.54 Å². The van der Waals surface area contributed by atoms with Crippen LogP contribution in [0.1, 0.15) is 67.2 Å². The lowest BCUT2D eigenvalue weighted by molar-refractivity contribution is -0.128. The maximum absolute atomic E-state index is 12.8. The summed E-state index contributed by atoms with van der Waals surface area (Å²) in [7, 11) is 0. The Kier molecular flexibility index (Phi) is 5.46. The first-order chi connectivity index (χ1) is 9.57. The van der Waals surface area contributed by atoms with Gasteiger partial charge in [-0.25, -0.2) is 0 Å². The van der Waals surface area contributed by atoms with Crippen molar-refractivity contribution >= 4 is 23.1 Å². The van der Waals surface area contributed by atoms with Crippen LogP contribution in [0.5, 0.6) is 0 Å². The quantitative estimate of drug-likeness (QED) is 0.673. The van der Waals surface area contributed by atoms with Gasteiger partial charge in [0.15, 0.2) is 0 Å². The van der Waals surface area contributed by atoms with Crippen LogP contribution >= 0.6 is 12.2 Å². The SMILES string of the molecule is CCCC(CCC)(C(=O)NCC1C(C)(C)C1(C)C)C(N)=S. The van der Waals surface area contributed by atoms with Crippen molar-refractivity contribution in [3.63, 3.8) is 0 Å². The van der Waals surface area contributed by atoms with Gasteiger partial charge in [-0.05, 0) is 29.6 Å². The number of nitrogens with one attached hydrogen (secondary N) is 1. The molecule has 122 valence electrons. The van der Waals surface area contributed by atoms with Crippen molar-refractivity contribution in [1.29, 1.82) is 0 Å². The Bertz CT molecular complexity index is 395. The van der Waals surface area contributed by atoms with Gasteiger partial charge >= 0.3 is 0 Å². The maximum atomic E-state index is 12.8. The van der Waals surface area contributed by atoms with Crippen molar-refractivity contribution in [2.24, 2.45) is 27.9 Å². The zero-order valence-corrected chi connectivity index (χ0v) is 15.3. The van der Waals surface area contributed by atoms with Gasteiger partial charge in [0.05, 0.1) is 10.4 Å². The second-order valence-electron chi connectivity index (χ2n) is 7.65. The van der Waals surface area contributed by atoms with Crippen LogP contribution in [-0.4, -0.2) is 17.4 Å². The fraction of sp³-hybridized carbons (Fsp3) is 0.882. The van der Waals surface area contributed by atoms with Crippen LogP contribution in [0, 0.1) is 22.2 Å². The topological polar surface area (TPSA) is 55.1 Å². The van der Waals surface area contributed by atoms with E-state index < -0.39 is 5.41 Å². The number of hydrogen-bond acceptors (Lipinski definition) is 2. The monoisotopic (exact) mass is 312 g/mol. The van der Waals surface area contributed by atoms with E-state index in [-0.39, 0.29) is 16.7 Å². The highest BCUT2D eigenvalue weighted by molar-refractivity contribution is 7.80. The molecule has 0 saturated heterocycles. The summed E-state index contributed by atoms with van der Waals surface area (Å²) in [5.41, 5.74) is 5.84. The Morgan fingerprint density at radius 2 is 1.57 bits per heavy atom. The molecule has 3 N–H and O–H groups in total. The molecule has 1 aliphatic carbocycles. The van der Waals surface area contributed by atoms with E-state index in [0.29, 0.717) is 10.9 Å². The molecule has 0 aromatic rings. The second-order valence-corrected chi connectivity index (χ2v) is 8.09. The minimum absolute atomic E-state index is 0.0252. The highest BCUT2D eigenvalue weighted by atomic mass is 32.1. The first-order valence-electron chi connectivity index (χ1n) is 8.16. The standard InChI is InChI=1S/C17H32N2OS/c1-7-9-17(10-8-2,13(18)21)14(20)19-11-12-15(3,4)16(12,5)6/h12H,7-11H2,1-6H3,(H2,18,21)(H,19,20). The molecule has 0 aromatic carbocycles. The van der Waals surface area contributed by atoms with E-state index in [1.165, 1.54) is 0 Å². The maximum Gasteiger partial charge on any atom is 0.233 e. The van der Waals surface area contributed by atoms with E-state index >= 15 is 0 Å². The van der Waals surface area contributed by atoms with E-state index in [4.69, 9.17) is 18.0 Å². The van der Waals surface area contributed by atoms with Gasteiger partial charge in [0.2, 0.25) is 5.91 Å². The van der Waals surface area contributed by atoms with Crippen LogP contribution in [0.25, 0.3) is 0 Å². The normalized spacial score (nSPS) is 20.1. The number of carbonyl (C=O) groups excluding carboxylic acids is 1. The minimum Gasteiger partial charge on any atom is -0.392 e. The smallest absolute Gasteiger partial charge is 0.233 e. The Morgan fingerprint density at radius 1 is 1.14 bits per heavy atom. The molecule has 0 unspecified atom stereocenters. The molecule has 0 heterocycles. The van der Waals surface area contributed by atoms with Gasteiger partial charge in [-0.1, -0.05) is 66.6 Å². The lowest BCUT2D eigenvalue weighted by Gasteiger charge is -2.31. The number of hydrogen-bond donors (Lipinski definition) is 2. The summed E-state index contributed by atoms with van der Waals surface area (Å²) in [6.45, 7) is 13.9. The van der Waals surface area contributed by atoms with Gasteiger partial charge in [0, 0.05) is 6.54 Å². The zero-order chi connectivity index (χ0) is 16.5. The number of thiocarbonyl (C=S) groups is 1. The first kappa shape index (κ1) is 18.4. The molecule has 0 spiro atoms. The Balaban J connectivity index is 2.77. The van der Waals surface area contributed by atoms with Crippen LogP contribution in [0.4, 0.5) is 0 Å². The summed E-state index contributed by atoms with van der Waals surface area (Å²) >= 11 is 5.24. The summed E-state index contributed by atoms with van der Waals surface area (Å²) < 4.78 is 0. The van der Waals surface area contributed by atoms with E-state index in [0.717, 1.165) is 32.2 Å². The van der Waals surface area contributed by atoms with Crippen molar-refractivity contribution in [3.05, 3.63) is 0 Å². The van der Waals surface area contributed by atoms with Gasteiger partial charge in [-0.2, -0.15) is 0 Å². The molecule has 1 rings (SSSR count). The summed E-state index contributed by atoms with van der Waals surface area (Å²) in [6.07, 6.45) is 3.29. The zero-order valence-electron chi connectivity index (χ0n) is 14.5. The molecule has 1 fully saturated rings. The predicted octanol–water partition coefficient (Wildman–Crippen LogP) is 3.66. The van der Waals surface area contributed by atoms with Crippen molar-refractivity contribution in [3.8, 4) is 0 Å². The molecule has 0 radical (unpaired) electrons. The van der Waals surface area contributed by atoms with E-state index in [1.807, 2.05) is 0 Å². The summed E-state index contributed by atoms with van der Waals surface area (Å²) in [4.78, 5) is 13.1. The molecule has 0 aliphatic heterocycles. The third-order valence-corrected chi connectivity index (χ3v) is 6.44. The molecule has 1 amide bonds. The molecule has 0 aromatic heterocycles. The van der Waals surface area contributed by atoms with Gasteiger partial charge in [-0.15, -0.1) is 0 Å². The second kappa shape index (κ2) is 6.23. The van der Waals surface area contributed by atoms with Crippen LogP contribution in [0.3, 0.4) is 0 Å². The Labute approximate surface area is 135 Å². The molecule has 0 atom stereocenters. The Morgan fingerprint density at radius 3 is 1.86 bits per heavy atom. The molecule has 4 heteroatoms. The van der Waals surface area contributed by atoms with Crippen molar-refractivity contribution in [2.45, 2.75) is 67.2 Å². The number of carbonyl (C=O) groups is 1. The molecule has 3 nitrogen and oxygen atoms in total. The van der Waals surface area contributed by atoms with Gasteiger partial charge in [0.25, 0.3) is 0 Å². The Hall–Kier alpha value is -0.640. The summed E-state index contributed by atoms with van der Waals surface area (Å²) in [5, 5.41) is 3.14. The highest BCUT2D eigenvalue weighted by Gasteiger charge is 2.64. The van der Waals surface area contributed by atoms with E-state index in [1.54, 1.807) is 0 Å². The van der Waals surface area contributed by atoms with Crippen LogP contribution in [-0.2, 0) is 4.79 Å². The predicted molar refractivity (Wildman–Crippen MR) is 93.1 cm³/mol. The van der Waals surface area contributed by atoms with Gasteiger partial charge < -0.3 is 11.1 Å². The largest absolute Gasteiger partial charge is 0.392 e. The lowest BCUT2D eigenvalue weighted by atomic mass is 9.78. The number of amides is 1. The summed E-state index contributed by atoms with van der Waals surface area (Å²) in [5.74, 6) is 0.540. The molecule has 21 heavy (non-hydrogen) atoms. The molecule has 1 aliphatic rings. The van der Waals surface area contributed by atoms with E-state index in [2.05, 4.69) is 46.9 Å². The average Bonchev–Trinajstić information content (AvgIpc) is 2.76. The first-order valence-corrected chi connectivity index (χ1v) is 8.57. The molecular formula is C17H32N2OS. The fourth-order valence-corrected chi connectivity index (χ4v) is 4.07. The fourth-order valence-electron chi connectivity index (χ4n) is 3.77. The third-order valence-electron chi connectivity index (χ3n) is 6.05. The number of nitrogens with two attached hydrogens (primary N) is 1. The van der Waals surface area contributed by atoms with Crippen LogP contribution in [0.15, 0.2) is 0 Å². The number of rotatable bonds is 8. The van der Waals surface area contributed by atoms with E-state index in [9.17, 15) is 4.79 Å².